The summed E-state index contributed by atoms with van der Waals surface area (Å²) in [6, 6.07) is 14.2. The predicted octanol–water partition coefficient (Wildman–Crippen LogP) is 4.56. The molecule has 2 amide bonds. The quantitative estimate of drug-likeness (QED) is 0.476. The van der Waals surface area contributed by atoms with E-state index in [1.807, 2.05) is 50.2 Å². The van der Waals surface area contributed by atoms with Gasteiger partial charge in [0.05, 0.1) is 0 Å². The highest BCUT2D eigenvalue weighted by atomic mass is 16.5. The molecule has 3 N–H and O–H groups in total. The first kappa shape index (κ1) is 25.3. The van der Waals surface area contributed by atoms with Gasteiger partial charge in [-0.2, -0.15) is 0 Å². The third-order valence-electron chi connectivity index (χ3n) is 6.21. The molecule has 0 saturated heterocycles. The van der Waals surface area contributed by atoms with E-state index in [4.69, 9.17) is 4.74 Å². The fourth-order valence-electron chi connectivity index (χ4n) is 4.32. The molecular formula is C27H34N2O5. The Labute approximate surface area is 200 Å². The fraction of sp³-hybridized carbons (Fsp3) is 0.444. The van der Waals surface area contributed by atoms with Gasteiger partial charge >= 0.3 is 12.1 Å². The molecule has 0 heterocycles. The van der Waals surface area contributed by atoms with Crippen LogP contribution in [0.15, 0.2) is 48.5 Å². The molecule has 2 aromatic rings. The molecule has 0 aliphatic heterocycles. The first-order valence-electron chi connectivity index (χ1n) is 11.8. The number of rotatable bonds is 10. The molecule has 182 valence electrons. The van der Waals surface area contributed by atoms with Crippen molar-refractivity contribution in [2.75, 3.05) is 6.61 Å². The van der Waals surface area contributed by atoms with Crippen molar-refractivity contribution in [1.29, 1.82) is 0 Å². The van der Waals surface area contributed by atoms with Crippen molar-refractivity contribution in [2.45, 2.75) is 58.5 Å². The van der Waals surface area contributed by atoms with Gasteiger partial charge in [0.2, 0.25) is 5.91 Å². The molecule has 0 aromatic heterocycles. The average molecular weight is 467 g/mol. The third kappa shape index (κ3) is 5.95. The van der Waals surface area contributed by atoms with Gasteiger partial charge in [-0.1, -0.05) is 76.2 Å². The summed E-state index contributed by atoms with van der Waals surface area (Å²) in [6.45, 7) is 7.71. The number of benzene rings is 2. The largest absolute Gasteiger partial charge is 0.480 e. The second-order valence-electron chi connectivity index (χ2n) is 9.56. The fourth-order valence-corrected chi connectivity index (χ4v) is 4.32. The number of aliphatic carboxylic acids is 1. The van der Waals surface area contributed by atoms with Gasteiger partial charge in [-0.05, 0) is 46.9 Å². The van der Waals surface area contributed by atoms with Crippen LogP contribution in [-0.2, 0) is 14.3 Å². The van der Waals surface area contributed by atoms with Gasteiger partial charge in [-0.15, -0.1) is 0 Å². The lowest BCUT2D eigenvalue weighted by molar-refractivity contribution is -0.142. The maximum atomic E-state index is 12.8. The maximum absolute atomic E-state index is 12.8. The number of carboxylic acids is 1. The topological polar surface area (TPSA) is 105 Å². The normalized spacial score (nSPS) is 14.3. The van der Waals surface area contributed by atoms with E-state index in [2.05, 4.69) is 22.8 Å². The van der Waals surface area contributed by atoms with Crippen molar-refractivity contribution in [1.82, 2.24) is 10.6 Å². The smallest absolute Gasteiger partial charge is 0.407 e. The number of hydrogen-bond acceptors (Lipinski definition) is 4. The number of carboxylic acid groups (broad SMARTS) is 1. The lowest BCUT2D eigenvalue weighted by Crippen LogP contribution is -2.53. The molecule has 0 saturated carbocycles. The Morgan fingerprint density at radius 1 is 0.882 bits per heavy atom. The monoisotopic (exact) mass is 466 g/mol. The Kier molecular flexibility index (Phi) is 8.31. The average Bonchev–Trinajstić information content (AvgIpc) is 3.12. The second-order valence-corrected chi connectivity index (χ2v) is 9.56. The number of carbonyl (C=O) groups is 3. The van der Waals surface area contributed by atoms with E-state index in [-0.39, 0.29) is 18.4 Å². The van der Waals surface area contributed by atoms with Gasteiger partial charge < -0.3 is 20.5 Å². The van der Waals surface area contributed by atoms with Gasteiger partial charge in [-0.25, -0.2) is 9.59 Å². The first-order valence-corrected chi connectivity index (χ1v) is 11.8. The first-order chi connectivity index (χ1) is 16.2. The molecule has 0 fully saturated rings. The van der Waals surface area contributed by atoms with Gasteiger partial charge in [0.25, 0.3) is 0 Å². The molecule has 7 heteroatoms. The third-order valence-corrected chi connectivity index (χ3v) is 6.21. The molecule has 2 unspecified atom stereocenters. The molecule has 1 aliphatic carbocycles. The van der Waals surface area contributed by atoms with Crippen LogP contribution in [0.4, 0.5) is 4.79 Å². The molecule has 3 rings (SSSR count). The minimum atomic E-state index is -1.09. The van der Waals surface area contributed by atoms with Crippen LogP contribution in [0.25, 0.3) is 11.1 Å². The lowest BCUT2D eigenvalue weighted by atomic mass is 9.98. The summed E-state index contributed by atoms with van der Waals surface area (Å²) in [5.41, 5.74) is 4.47. The standard InChI is InChI=1S/C27H34N2O5/c1-16(2)13-14-23(26(31)32)28-25(30)24(17(3)4)29-27(33)34-15-22-20-11-7-5-9-18(20)19-10-6-8-12-21(19)22/h5-12,16-17,22-24H,13-15H2,1-4H3,(H,28,30)(H,29,33)(H,31,32). The summed E-state index contributed by atoms with van der Waals surface area (Å²) < 4.78 is 5.56. The number of ether oxygens (including phenoxy) is 1. The van der Waals surface area contributed by atoms with Crippen LogP contribution in [0.5, 0.6) is 0 Å². The van der Waals surface area contributed by atoms with E-state index < -0.39 is 30.1 Å². The zero-order valence-electron chi connectivity index (χ0n) is 20.2. The van der Waals surface area contributed by atoms with Crippen molar-refractivity contribution in [3.05, 3.63) is 59.7 Å². The number of alkyl carbamates (subject to hydrolysis) is 1. The van der Waals surface area contributed by atoms with Crippen molar-refractivity contribution in [3.63, 3.8) is 0 Å². The molecule has 1 aliphatic rings. The second kappa shape index (κ2) is 11.2. The number of carbonyl (C=O) groups excluding carboxylic acids is 2. The molecule has 0 bridgehead atoms. The van der Waals surface area contributed by atoms with Crippen LogP contribution in [0.2, 0.25) is 0 Å². The van der Waals surface area contributed by atoms with Gasteiger partial charge in [0.15, 0.2) is 0 Å². The lowest BCUT2D eigenvalue weighted by Gasteiger charge is -2.24. The number of hydrogen-bond donors (Lipinski definition) is 3. The Bertz CT molecular complexity index is 988. The summed E-state index contributed by atoms with van der Waals surface area (Å²) in [5.74, 6) is -1.63. The summed E-state index contributed by atoms with van der Waals surface area (Å²) >= 11 is 0. The van der Waals surface area contributed by atoms with Crippen LogP contribution < -0.4 is 10.6 Å². The number of amides is 2. The summed E-state index contributed by atoms with van der Waals surface area (Å²) in [7, 11) is 0. The Morgan fingerprint density at radius 2 is 1.44 bits per heavy atom. The van der Waals surface area contributed by atoms with Crippen LogP contribution in [0.1, 0.15) is 57.6 Å². The molecule has 34 heavy (non-hydrogen) atoms. The maximum Gasteiger partial charge on any atom is 0.407 e. The zero-order valence-corrected chi connectivity index (χ0v) is 20.2. The highest BCUT2D eigenvalue weighted by Crippen LogP contribution is 2.44. The van der Waals surface area contributed by atoms with E-state index in [0.717, 1.165) is 22.3 Å². The molecule has 0 spiro atoms. The van der Waals surface area contributed by atoms with Crippen LogP contribution >= 0.6 is 0 Å². The van der Waals surface area contributed by atoms with E-state index in [1.165, 1.54) is 0 Å². The molecule has 0 radical (unpaired) electrons. The highest BCUT2D eigenvalue weighted by Gasteiger charge is 2.31. The minimum Gasteiger partial charge on any atom is -0.480 e. The SMILES string of the molecule is CC(C)CCC(NC(=O)C(NC(=O)OCC1c2ccccc2-c2ccccc21)C(C)C)C(=O)O. The van der Waals surface area contributed by atoms with E-state index in [0.29, 0.717) is 18.8 Å². The van der Waals surface area contributed by atoms with Gasteiger partial charge in [-0.3, -0.25) is 4.79 Å². The predicted molar refractivity (Wildman–Crippen MR) is 130 cm³/mol. The molecular weight excluding hydrogens is 432 g/mol. The van der Waals surface area contributed by atoms with Crippen LogP contribution in [0, 0.1) is 11.8 Å². The Morgan fingerprint density at radius 3 is 1.94 bits per heavy atom. The Balaban J connectivity index is 1.63. The Hall–Kier alpha value is -3.35. The highest BCUT2D eigenvalue weighted by molar-refractivity contribution is 5.89. The summed E-state index contributed by atoms with van der Waals surface area (Å²) in [4.78, 5) is 37.1. The van der Waals surface area contributed by atoms with Crippen LogP contribution in [0.3, 0.4) is 0 Å². The van der Waals surface area contributed by atoms with E-state index in [9.17, 15) is 19.5 Å². The molecule has 2 atom stereocenters. The van der Waals surface area contributed by atoms with E-state index in [1.54, 1.807) is 13.8 Å². The van der Waals surface area contributed by atoms with Gasteiger partial charge in [0.1, 0.15) is 18.7 Å². The molecule has 2 aromatic carbocycles. The van der Waals surface area contributed by atoms with E-state index >= 15 is 0 Å². The van der Waals surface area contributed by atoms with Crippen LogP contribution in [-0.4, -0.2) is 41.8 Å². The minimum absolute atomic E-state index is 0.0862. The van der Waals surface area contributed by atoms with Crippen molar-refractivity contribution >= 4 is 18.0 Å². The van der Waals surface area contributed by atoms with Crippen molar-refractivity contribution in [2.24, 2.45) is 11.8 Å². The number of fused-ring (bicyclic) bond motifs is 3. The zero-order chi connectivity index (χ0) is 24.8. The molecule has 7 nitrogen and oxygen atoms in total. The number of nitrogens with one attached hydrogen (secondary N) is 2. The van der Waals surface area contributed by atoms with Gasteiger partial charge in [0, 0.05) is 5.92 Å². The van der Waals surface area contributed by atoms with Crippen molar-refractivity contribution in [3.8, 4) is 11.1 Å². The van der Waals surface area contributed by atoms with Crippen molar-refractivity contribution < 1.29 is 24.2 Å². The summed E-state index contributed by atoms with van der Waals surface area (Å²) in [6.07, 6.45) is 0.294. The summed E-state index contributed by atoms with van der Waals surface area (Å²) in [5, 5.41) is 14.7.